The minimum absolute atomic E-state index is 0.0931. The number of hydrazine groups is 1. The van der Waals surface area contributed by atoms with Crippen LogP contribution in [0.2, 0.25) is 0 Å². The van der Waals surface area contributed by atoms with Crippen LogP contribution in [0.5, 0.6) is 0 Å². The summed E-state index contributed by atoms with van der Waals surface area (Å²) in [6.07, 6.45) is 1.34. The maximum atomic E-state index is 12.0. The molecule has 0 aliphatic carbocycles. The Morgan fingerprint density at radius 1 is 1.21 bits per heavy atom. The summed E-state index contributed by atoms with van der Waals surface area (Å²) in [5, 5.41) is 0. The molecule has 7 nitrogen and oxygen atoms in total. The van der Waals surface area contributed by atoms with Crippen LogP contribution in [-0.4, -0.2) is 49.4 Å². The summed E-state index contributed by atoms with van der Waals surface area (Å²) in [6.45, 7) is 1.46. The lowest BCUT2D eigenvalue weighted by molar-refractivity contribution is -0.147. The lowest BCUT2D eigenvalue weighted by atomic mass is 9.97. The number of esters is 1. The summed E-state index contributed by atoms with van der Waals surface area (Å²) in [5.41, 5.74) is 5.25. The predicted octanol–water partition coefficient (Wildman–Crippen LogP) is 1.10. The first-order valence-corrected chi connectivity index (χ1v) is 8.44. The van der Waals surface area contributed by atoms with Crippen molar-refractivity contribution in [3.63, 3.8) is 0 Å². The third-order valence-electron chi connectivity index (χ3n) is 3.92. The molecule has 1 aromatic rings. The molecule has 24 heavy (non-hydrogen) atoms. The summed E-state index contributed by atoms with van der Waals surface area (Å²) in [5.74, 6) is -0.976. The van der Waals surface area contributed by atoms with Crippen molar-refractivity contribution in [3.8, 4) is 0 Å². The van der Waals surface area contributed by atoms with Gasteiger partial charge in [0.2, 0.25) is 0 Å². The summed E-state index contributed by atoms with van der Waals surface area (Å²) in [6, 6.07) is 6.95. The Hall–Kier alpha value is -1.93. The van der Waals surface area contributed by atoms with E-state index < -0.39 is 0 Å². The smallest absolute Gasteiger partial charge is 0.308 e. The molecule has 0 saturated carbocycles. The molecule has 0 radical (unpaired) electrons. The Kier molecular flexibility index (Phi) is 6.74. The van der Waals surface area contributed by atoms with E-state index in [1.165, 1.54) is 7.11 Å². The van der Waals surface area contributed by atoms with Gasteiger partial charge < -0.3 is 4.74 Å². The number of halogens is 1. The number of nitrogens with zero attached hydrogens (tertiary/aromatic N) is 1. The van der Waals surface area contributed by atoms with Gasteiger partial charge in [0.05, 0.1) is 25.1 Å². The van der Waals surface area contributed by atoms with Gasteiger partial charge >= 0.3 is 5.97 Å². The Balaban J connectivity index is 1.73. The van der Waals surface area contributed by atoms with E-state index in [4.69, 9.17) is 4.74 Å². The number of ether oxygens (including phenoxy) is 1. The maximum absolute atomic E-state index is 12.0. The van der Waals surface area contributed by atoms with Crippen LogP contribution in [0.4, 0.5) is 0 Å². The Bertz CT molecular complexity index is 615. The van der Waals surface area contributed by atoms with E-state index in [1.807, 2.05) is 4.90 Å². The zero-order valence-electron chi connectivity index (χ0n) is 13.4. The summed E-state index contributed by atoms with van der Waals surface area (Å²) >= 11 is 3.29. The van der Waals surface area contributed by atoms with Crippen molar-refractivity contribution in [2.75, 3.05) is 26.7 Å². The van der Waals surface area contributed by atoms with Crippen molar-refractivity contribution in [1.29, 1.82) is 0 Å². The standard InChI is InChI=1S/C16H20BrN3O4/c1-24-16(23)11-6-8-20(9-7-11)10-14(21)18-19-15(22)12-4-2-3-5-13(12)17/h2-5,11H,6-10H2,1H3,(H,18,21)(H,19,22). The van der Waals surface area contributed by atoms with Crippen molar-refractivity contribution in [2.45, 2.75) is 12.8 Å². The fourth-order valence-corrected chi connectivity index (χ4v) is 3.04. The quantitative estimate of drug-likeness (QED) is 0.586. The lowest BCUT2D eigenvalue weighted by Crippen LogP contribution is -2.48. The van der Waals surface area contributed by atoms with Crippen molar-refractivity contribution >= 4 is 33.7 Å². The molecular weight excluding hydrogens is 378 g/mol. The van der Waals surface area contributed by atoms with Gasteiger partial charge in [-0.3, -0.25) is 30.1 Å². The van der Waals surface area contributed by atoms with Gasteiger partial charge in [-0.1, -0.05) is 12.1 Å². The number of hydrogen-bond donors (Lipinski definition) is 2. The van der Waals surface area contributed by atoms with Gasteiger partial charge in [0, 0.05) is 4.47 Å². The molecule has 1 aliphatic rings. The van der Waals surface area contributed by atoms with Crippen LogP contribution >= 0.6 is 15.9 Å². The second-order valence-electron chi connectivity index (χ2n) is 5.56. The minimum Gasteiger partial charge on any atom is -0.469 e. The van der Waals surface area contributed by atoms with Crippen LogP contribution in [-0.2, 0) is 14.3 Å². The molecule has 0 atom stereocenters. The summed E-state index contributed by atoms with van der Waals surface area (Å²) in [7, 11) is 1.38. The van der Waals surface area contributed by atoms with Crippen LogP contribution in [0.1, 0.15) is 23.2 Å². The van der Waals surface area contributed by atoms with Crippen LogP contribution in [0, 0.1) is 5.92 Å². The van der Waals surface area contributed by atoms with Crippen molar-refractivity contribution in [2.24, 2.45) is 5.92 Å². The van der Waals surface area contributed by atoms with Crippen molar-refractivity contribution in [1.82, 2.24) is 15.8 Å². The molecule has 1 saturated heterocycles. The van der Waals surface area contributed by atoms with Crippen molar-refractivity contribution in [3.05, 3.63) is 34.3 Å². The molecule has 1 aromatic carbocycles. The molecule has 2 N–H and O–H groups in total. The molecule has 2 rings (SSSR count). The third kappa shape index (κ3) is 5.04. The SMILES string of the molecule is COC(=O)C1CCN(CC(=O)NNC(=O)c2ccccc2Br)CC1. The highest BCUT2D eigenvalue weighted by atomic mass is 79.9. The van der Waals surface area contributed by atoms with Crippen LogP contribution in [0.25, 0.3) is 0 Å². The molecule has 1 fully saturated rings. The molecule has 0 spiro atoms. The fourth-order valence-electron chi connectivity index (χ4n) is 2.58. The first-order chi connectivity index (χ1) is 11.5. The van der Waals surface area contributed by atoms with Gasteiger partial charge in [0.15, 0.2) is 0 Å². The average Bonchev–Trinajstić information content (AvgIpc) is 2.60. The van der Waals surface area contributed by atoms with Gasteiger partial charge in [-0.05, 0) is 54.0 Å². The van der Waals surface area contributed by atoms with Gasteiger partial charge in [-0.2, -0.15) is 0 Å². The molecule has 0 unspecified atom stereocenters. The van der Waals surface area contributed by atoms with Gasteiger partial charge in [0.25, 0.3) is 11.8 Å². The first kappa shape index (κ1) is 18.4. The van der Waals surface area contributed by atoms with E-state index in [1.54, 1.807) is 24.3 Å². The maximum Gasteiger partial charge on any atom is 0.308 e. The topological polar surface area (TPSA) is 87.7 Å². The molecule has 8 heteroatoms. The highest BCUT2D eigenvalue weighted by Crippen LogP contribution is 2.18. The van der Waals surface area contributed by atoms with E-state index in [9.17, 15) is 14.4 Å². The Morgan fingerprint density at radius 3 is 2.50 bits per heavy atom. The van der Waals surface area contributed by atoms with E-state index in [0.29, 0.717) is 36.0 Å². The number of rotatable bonds is 4. The van der Waals surface area contributed by atoms with Crippen molar-refractivity contribution < 1.29 is 19.1 Å². The number of carbonyl (C=O) groups is 3. The minimum atomic E-state index is -0.389. The normalized spacial score (nSPS) is 15.6. The number of piperidine rings is 1. The molecule has 130 valence electrons. The highest BCUT2D eigenvalue weighted by molar-refractivity contribution is 9.10. The van der Waals surface area contributed by atoms with Crippen LogP contribution in [0.15, 0.2) is 28.7 Å². The second-order valence-corrected chi connectivity index (χ2v) is 6.41. The van der Waals surface area contributed by atoms with E-state index >= 15 is 0 Å². The third-order valence-corrected chi connectivity index (χ3v) is 4.61. The molecule has 2 amide bonds. The predicted molar refractivity (Wildman–Crippen MR) is 90.9 cm³/mol. The molecule has 0 aromatic heterocycles. The van der Waals surface area contributed by atoms with Crippen LogP contribution < -0.4 is 10.9 Å². The largest absolute Gasteiger partial charge is 0.469 e. The zero-order valence-corrected chi connectivity index (χ0v) is 15.0. The molecule has 1 heterocycles. The number of hydrogen-bond acceptors (Lipinski definition) is 5. The van der Waals surface area contributed by atoms with Gasteiger partial charge in [-0.15, -0.1) is 0 Å². The summed E-state index contributed by atoms with van der Waals surface area (Å²) in [4.78, 5) is 37.3. The molecule has 0 bridgehead atoms. The highest BCUT2D eigenvalue weighted by Gasteiger charge is 2.26. The Labute approximate surface area is 148 Å². The van der Waals surface area contributed by atoms with E-state index in [-0.39, 0.29) is 30.2 Å². The second kappa shape index (κ2) is 8.79. The van der Waals surface area contributed by atoms with E-state index in [2.05, 4.69) is 26.8 Å². The number of methoxy groups -OCH3 is 1. The molecular formula is C16H20BrN3O4. The molecule has 1 aliphatic heterocycles. The fraction of sp³-hybridized carbons (Fsp3) is 0.438. The number of amides is 2. The van der Waals surface area contributed by atoms with Gasteiger partial charge in [-0.25, -0.2) is 0 Å². The number of carbonyl (C=O) groups excluding carboxylic acids is 3. The monoisotopic (exact) mass is 397 g/mol. The lowest BCUT2D eigenvalue weighted by Gasteiger charge is -2.29. The Morgan fingerprint density at radius 2 is 1.88 bits per heavy atom. The van der Waals surface area contributed by atoms with Crippen LogP contribution in [0.3, 0.4) is 0 Å². The number of likely N-dealkylation sites (tertiary alicyclic amines) is 1. The summed E-state index contributed by atoms with van der Waals surface area (Å²) < 4.78 is 5.39. The number of nitrogens with one attached hydrogen (secondary N) is 2. The van der Waals surface area contributed by atoms with E-state index in [0.717, 1.165) is 0 Å². The average molecular weight is 398 g/mol. The first-order valence-electron chi connectivity index (χ1n) is 7.65. The number of benzene rings is 1. The van der Waals surface area contributed by atoms with Gasteiger partial charge in [0.1, 0.15) is 0 Å². The zero-order chi connectivity index (χ0) is 17.5.